The van der Waals surface area contributed by atoms with E-state index < -0.39 is 0 Å². The normalized spacial score (nSPS) is 12.2. The minimum Gasteiger partial charge on any atom is -0.329 e. The summed E-state index contributed by atoms with van der Waals surface area (Å²) >= 11 is 0. The molecule has 0 rings (SSSR count). The van der Waals surface area contributed by atoms with Crippen LogP contribution < -0.4 is 50.4 Å². The summed E-state index contributed by atoms with van der Waals surface area (Å²) in [4.78, 5) is 9.74. The molecule has 0 aromatic carbocycles. The molecule has 13 heteroatoms. The van der Waals surface area contributed by atoms with Gasteiger partial charge in [0.25, 0.3) is 0 Å². The first kappa shape index (κ1) is 36.5. The van der Waals surface area contributed by atoms with Gasteiger partial charge in [0.05, 0.1) is 0 Å². The third-order valence-electron chi connectivity index (χ3n) is 6.31. The first-order valence-corrected chi connectivity index (χ1v) is 14.4. The van der Waals surface area contributed by atoms with Crippen molar-refractivity contribution in [2.75, 3.05) is 157 Å². The molecule has 0 fully saturated rings. The number of nitrogens with zero attached hydrogens (tertiary/aromatic N) is 4. The van der Waals surface area contributed by atoms with Gasteiger partial charge in [-0.15, -0.1) is 0 Å². The molecule has 37 heavy (non-hydrogen) atoms. The Hall–Kier alpha value is -0.520. The van der Waals surface area contributed by atoms with Crippen molar-refractivity contribution < 1.29 is 0 Å². The second kappa shape index (κ2) is 28.5. The van der Waals surface area contributed by atoms with Crippen LogP contribution >= 0.6 is 0 Å². The van der Waals surface area contributed by atoms with Crippen LogP contribution in [0.2, 0.25) is 0 Å². The van der Waals surface area contributed by atoms with Gasteiger partial charge in [-0.25, -0.2) is 0 Å². The molecule has 0 aliphatic carbocycles. The van der Waals surface area contributed by atoms with E-state index in [1.807, 2.05) is 0 Å². The van der Waals surface area contributed by atoms with Crippen molar-refractivity contribution in [3.05, 3.63) is 0 Å². The second-order valence-electron chi connectivity index (χ2n) is 9.35. The maximum atomic E-state index is 5.80. The zero-order chi connectivity index (χ0) is 27.4. The summed E-state index contributed by atoms with van der Waals surface area (Å²) in [7, 11) is 0. The van der Waals surface area contributed by atoms with Gasteiger partial charge >= 0.3 is 0 Å². The van der Waals surface area contributed by atoms with E-state index >= 15 is 0 Å². The van der Waals surface area contributed by atoms with Gasteiger partial charge in [-0.3, -0.25) is 19.6 Å². The van der Waals surface area contributed by atoms with E-state index in [2.05, 4.69) is 35.6 Å². The van der Waals surface area contributed by atoms with E-state index in [0.717, 1.165) is 118 Å². The van der Waals surface area contributed by atoms with Crippen LogP contribution in [0.3, 0.4) is 0 Å². The lowest BCUT2D eigenvalue weighted by Crippen LogP contribution is -2.46. The number of hydrogen-bond acceptors (Lipinski definition) is 13. The molecule has 0 aromatic rings. The molecule has 0 aliphatic rings. The molecule has 0 radical (unpaired) electrons. The summed E-state index contributed by atoms with van der Waals surface area (Å²) in [6.07, 6.45) is 0. The fraction of sp³-hybridized carbons (Fsp3) is 1.00. The van der Waals surface area contributed by atoms with E-state index in [0.29, 0.717) is 39.3 Å². The van der Waals surface area contributed by atoms with E-state index in [1.54, 1.807) is 0 Å². The highest BCUT2D eigenvalue weighted by atomic mass is 15.2. The number of nitrogens with one attached hydrogen (secondary N) is 3. The molecule has 0 spiro atoms. The fourth-order valence-corrected chi connectivity index (χ4v) is 4.17. The van der Waals surface area contributed by atoms with Crippen molar-refractivity contribution >= 4 is 0 Å². The minimum absolute atomic E-state index is 0.658. The van der Waals surface area contributed by atoms with Gasteiger partial charge in [0.2, 0.25) is 0 Å². The van der Waals surface area contributed by atoms with Crippen LogP contribution in [0.4, 0.5) is 0 Å². The van der Waals surface area contributed by atoms with Crippen LogP contribution in [0.1, 0.15) is 0 Å². The molecule has 0 atom stereocenters. The Morgan fingerprint density at radius 2 is 0.514 bits per heavy atom. The van der Waals surface area contributed by atoms with Crippen molar-refractivity contribution in [2.45, 2.75) is 0 Å². The van der Waals surface area contributed by atoms with Gasteiger partial charge in [0.15, 0.2) is 0 Å². The molecule has 224 valence electrons. The summed E-state index contributed by atoms with van der Waals surface area (Å²) in [5.41, 5.74) is 34.3. The zero-order valence-corrected chi connectivity index (χ0v) is 23.7. The molecule has 0 bridgehead atoms. The highest BCUT2D eigenvalue weighted by Crippen LogP contribution is 1.96. The van der Waals surface area contributed by atoms with Gasteiger partial charge in [-0.1, -0.05) is 0 Å². The Kier molecular flexibility index (Phi) is 28.1. The monoisotopic (exact) mass is 534 g/mol. The van der Waals surface area contributed by atoms with Crippen LogP contribution in [0.15, 0.2) is 0 Å². The van der Waals surface area contributed by atoms with Crippen LogP contribution in [-0.2, 0) is 0 Å². The maximum absolute atomic E-state index is 5.80. The second-order valence-corrected chi connectivity index (χ2v) is 9.35. The number of nitrogens with two attached hydrogens (primary N) is 6. The summed E-state index contributed by atoms with van der Waals surface area (Å²) in [5.74, 6) is 0. The summed E-state index contributed by atoms with van der Waals surface area (Å²) < 4.78 is 0. The van der Waals surface area contributed by atoms with Crippen LogP contribution in [0.25, 0.3) is 0 Å². The highest BCUT2D eigenvalue weighted by molar-refractivity contribution is 4.70. The van der Waals surface area contributed by atoms with E-state index in [1.165, 1.54) is 0 Å². The molecule has 0 saturated carbocycles. The molecular formula is C24H63N13. The van der Waals surface area contributed by atoms with Gasteiger partial charge in [-0.05, 0) is 0 Å². The van der Waals surface area contributed by atoms with Crippen LogP contribution in [0.5, 0.6) is 0 Å². The Bertz CT molecular complexity index is 435. The predicted octanol–water partition coefficient (Wildman–Crippen LogP) is -5.28. The average Bonchev–Trinajstić information content (AvgIpc) is 2.89. The molecule has 0 aromatic heterocycles. The quantitative estimate of drug-likeness (QED) is 0.0396. The SMILES string of the molecule is NCCNCCN(CCNCCN(CCN)CCN)CCN(CCNCCN)CCN(CCN)CCN. The van der Waals surface area contributed by atoms with Crippen molar-refractivity contribution in [1.29, 1.82) is 0 Å². The van der Waals surface area contributed by atoms with E-state index in [9.17, 15) is 0 Å². The predicted molar refractivity (Wildman–Crippen MR) is 159 cm³/mol. The average molecular weight is 534 g/mol. The van der Waals surface area contributed by atoms with Crippen molar-refractivity contribution in [3.8, 4) is 0 Å². The molecule has 0 amide bonds. The van der Waals surface area contributed by atoms with Gasteiger partial charge in [0.1, 0.15) is 0 Å². The lowest BCUT2D eigenvalue weighted by molar-refractivity contribution is 0.178. The van der Waals surface area contributed by atoms with Crippen LogP contribution in [-0.4, -0.2) is 177 Å². The Labute approximate surface area is 227 Å². The van der Waals surface area contributed by atoms with E-state index in [4.69, 9.17) is 34.4 Å². The largest absolute Gasteiger partial charge is 0.329 e. The standard InChI is InChI=1S/C24H63N13/c25-1-7-31-9-18-36(19-12-33-11-17-34(13-3-27)14-4-28)22-24-37(20-10-32-8-2-26)23-21-35(15-5-29)16-6-30/h31-33H,1-30H2. The highest BCUT2D eigenvalue weighted by Gasteiger charge is 2.12. The van der Waals surface area contributed by atoms with Crippen LogP contribution in [0, 0.1) is 0 Å². The summed E-state index contributed by atoms with van der Waals surface area (Å²) in [6.45, 7) is 21.0. The first-order valence-electron chi connectivity index (χ1n) is 14.4. The third kappa shape index (κ3) is 23.1. The molecule has 0 aliphatic heterocycles. The smallest absolute Gasteiger partial charge is 0.0110 e. The first-order chi connectivity index (χ1) is 18.1. The fourth-order valence-electron chi connectivity index (χ4n) is 4.17. The Balaban J connectivity index is 4.75. The topological polar surface area (TPSA) is 205 Å². The van der Waals surface area contributed by atoms with E-state index in [-0.39, 0.29) is 0 Å². The number of hydrogen-bond donors (Lipinski definition) is 9. The van der Waals surface area contributed by atoms with Crippen molar-refractivity contribution in [1.82, 2.24) is 35.6 Å². The third-order valence-corrected chi connectivity index (χ3v) is 6.31. The molecule has 0 unspecified atom stereocenters. The zero-order valence-electron chi connectivity index (χ0n) is 23.7. The van der Waals surface area contributed by atoms with Gasteiger partial charge < -0.3 is 50.4 Å². The summed E-state index contributed by atoms with van der Waals surface area (Å²) in [6, 6.07) is 0. The number of rotatable bonds is 30. The Morgan fingerprint density at radius 1 is 0.270 bits per heavy atom. The van der Waals surface area contributed by atoms with Gasteiger partial charge in [0, 0.05) is 157 Å². The molecular weight excluding hydrogens is 470 g/mol. The lowest BCUT2D eigenvalue weighted by atomic mass is 10.3. The van der Waals surface area contributed by atoms with Crippen molar-refractivity contribution in [3.63, 3.8) is 0 Å². The van der Waals surface area contributed by atoms with Crippen molar-refractivity contribution in [2.24, 2.45) is 34.4 Å². The molecule has 13 nitrogen and oxygen atoms in total. The molecule has 0 saturated heterocycles. The minimum atomic E-state index is 0.658. The lowest BCUT2D eigenvalue weighted by Gasteiger charge is -2.30. The maximum Gasteiger partial charge on any atom is 0.0110 e. The molecule has 0 heterocycles. The molecule has 15 N–H and O–H groups in total. The summed E-state index contributed by atoms with van der Waals surface area (Å²) in [5, 5.41) is 10.5. The van der Waals surface area contributed by atoms with Gasteiger partial charge in [-0.2, -0.15) is 0 Å². The Morgan fingerprint density at radius 3 is 0.811 bits per heavy atom.